The zero-order chi connectivity index (χ0) is 15.2. The van der Waals surface area contributed by atoms with E-state index in [0.29, 0.717) is 12.2 Å². The van der Waals surface area contributed by atoms with Crippen LogP contribution in [0, 0.1) is 13.8 Å². The molecule has 0 bridgehead atoms. The van der Waals surface area contributed by atoms with Crippen molar-refractivity contribution in [3.05, 3.63) is 59.7 Å². The number of benzene rings is 2. The topological polar surface area (TPSA) is 38.3 Å². The lowest BCUT2D eigenvalue weighted by Gasteiger charge is -2.19. The standard InChI is InChI=1S/C18H21NO2/c1-4-16(21-15-11-6-5-7-12-15)18(20)19-17-13(2)9-8-10-14(17)3/h5-12,16H,4H2,1-3H3,(H,19,20)/t16-/m1/s1. The highest BCUT2D eigenvalue weighted by Gasteiger charge is 2.19. The highest BCUT2D eigenvalue weighted by molar-refractivity contribution is 5.95. The van der Waals surface area contributed by atoms with E-state index < -0.39 is 6.10 Å². The van der Waals surface area contributed by atoms with Crippen molar-refractivity contribution in [2.45, 2.75) is 33.3 Å². The monoisotopic (exact) mass is 283 g/mol. The first kappa shape index (κ1) is 15.1. The summed E-state index contributed by atoms with van der Waals surface area (Å²) < 4.78 is 5.77. The first-order valence-electron chi connectivity index (χ1n) is 7.20. The Morgan fingerprint density at radius 1 is 1.05 bits per heavy atom. The molecular weight excluding hydrogens is 262 g/mol. The molecule has 0 spiro atoms. The number of nitrogens with one attached hydrogen (secondary N) is 1. The molecule has 3 heteroatoms. The van der Waals surface area contributed by atoms with Crippen LogP contribution in [-0.4, -0.2) is 12.0 Å². The number of amides is 1. The van der Waals surface area contributed by atoms with E-state index in [-0.39, 0.29) is 5.91 Å². The number of hydrogen-bond donors (Lipinski definition) is 1. The molecule has 1 atom stereocenters. The maximum Gasteiger partial charge on any atom is 0.265 e. The molecule has 2 aromatic rings. The molecule has 1 amide bonds. The minimum absolute atomic E-state index is 0.112. The predicted octanol–water partition coefficient (Wildman–Crippen LogP) is 4.10. The van der Waals surface area contributed by atoms with Crippen LogP contribution >= 0.6 is 0 Å². The third-order valence-corrected chi connectivity index (χ3v) is 3.41. The van der Waals surface area contributed by atoms with Crippen LogP contribution < -0.4 is 10.1 Å². The second-order valence-corrected chi connectivity index (χ2v) is 5.08. The fourth-order valence-electron chi connectivity index (χ4n) is 2.20. The number of carbonyl (C=O) groups excluding carboxylic acids is 1. The third-order valence-electron chi connectivity index (χ3n) is 3.41. The number of para-hydroxylation sites is 2. The smallest absolute Gasteiger partial charge is 0.265 e. The zero-order valence-electron chi connectivity index (χ0n) is 12.7. The van der Waals surface area contributed by atoms with Gasteiger partial charge in [-0.3, -0.25) is 4.79 Å². The van der Waals surface area contributed by atoms with Gasteiger partial charge in [0.15, 0.2) is 6.10 Å². The van der Waals surface area contributed by atoms with Crippen LogP contribution in [0.4, 0.5) is 5.69 Å². The van der Waals surface area contributed by atoms with E-state index in [4.69, 9.17) is 4.74 Å². The second-order valence-electron chi connectivity index (χ2n) is 5.08. The summed E-state index contributed by atoms with van der Waals surface area (Å²) in [6.45, 7) is 5.92. The molecule has 0 aliphatic heterocycles. The Kier molecular flexibility index (Phi) is 4.99. The normalized spacial score (nSPS) is 11.8. The van der Waals surface area contributed by atoms with Crippen LogP contribution in [-0.2, 0) is 4.79 Å². The Bertz CT molecular complexity index is 588. The van der Waals surface area contributed by atoms with E-state index in [1.54, 1.807) is 0 Å². The fraction of sp³-hybridized carbons (Fsp3) is 0.278. The van der Waals surface area contributed by atoms with Gasteiger partial charge in [0, 0.05) is 5.69 Å². The molecule has 110 valence electrons. The summed E-state index contributed by atoms with van der Waals surface area (Å²) in [6.07, 6.45) is 0.123. The Balaban J connectivity index is 2.10. The lowest BCUT2D eigenvalue weighted by molar-refractivity contribution is -0.122. The molecule has 0 heterocycles. The fourth-order valence-corrected chi connectivity index (χ4v) is 2.20. The van der Waals surface area contributed by atoms with Gasteiger partial charge in [0.25, 0.3) is 5.91 Å². The molecule has 0 radical (unpaired) electrons. The van der Waals surface area contributed by atoms with Gasteiger partial charge in [0.1, 0.15) is 5.75 Å². The van der Waals surface area contributed by atoms with Crippen molar-refractivity contribution in [1.29, 1.82) is 0 Å². The summed E-state index contributed by atoms with van der Waals surface area (Å²) in [5.41, 5.74) is 2.98. The molecular formula is C18H21NO2. The summed E-state index contributed by atoms with van der Waals surface area (Å²) in [7, 11) is 0. The van der Waals surface area contributed by atoms with E-state index in [9.17, 15) is 4.79 Å². The molecule has 21 heavy (non-hydrogen) atoms. The molecule has 0 saturated carbocycles. The van der Waals surface area contributed by atoms with Crippen LogP contribution in [0.25, 0.3) is 0 Å². The van der Waals surface area contributed by atoms with Crippen LogP contribution in [0.5, 0.6) is 5.75 Å². The molecule has 0 unspecified atom stereocenters. The van der Waals surface area contributed by atoms with Crippen molar-refractivity contribution >= 4 is 11.6 Å². The van der Waals surface area contributed by atoms with Gasteiger partial charge in [0.05, 0.1) is 0 Å². The zero-order valence-corrected chi connectivity index (χ0v) is 12.7. The molecule has 3 nitrogen and oxygen atoms in total. The van der Waals surface area contributed by atoms with Gasteiger partial charge in [-0.05, 0) is 43.5 Å². The number of aryl methyl sites for hydroxylation is 2. The van der Waals surface area contributed by atoms with Crippen LogP contribution in [0.3, 0.4) is 0 Å². The highest BCUT2D eigenvalue weighted by Crippen LogP contribution is 2.21. The van der Waals surface area contributed by atoms with Crippen molar-refractivity contribution in [3.63, 3.8) is 0 Å². The van der Waals surface area contributed by atoms with E-state index in [1.165, 1.54) is 0 Å². The molecule has 2 aromatic carbocycles. The summed E-state index contributed by atoms with van der Waals surface area (Å²) >= 11 is 0. The van der Waals surface area contributed by atoms with E-state index in [0.717, 1.165) is 16.8 Å². The number of carbonyl (C=O) groups is 1. The summed E-state index contributed by atoms with van der Waals surface area (Å²) in [5, 5.41) is 2.99. The summed E-state index contributed by atoms with van der Waals surface area (Å²) in [6, 6.07) is 15.4. The van der Waals surface area contributed by atoms with Gasteiger partial charge in [-0.15, -0.1) is 0 Å². The molecule has 2 rings (SSSR count). The number of ether oxygens (including phenoxy) is 1. The predicted molar refractivity (Wildman–Crippen MR) is 85.7 cm³/mol. The maximum absolute atomic E-state index is 12.4. The van der Waals surface area contributed by atoms with Gasteiger partial charge < -0.3 is 10.1 Å². The third kappa shape index (κ3) is 3.85. The lowest BCUT2D eigenvalue weighted by Crippen LogP contribution is -2.32. The number of rotatable bonds is 5. The molecule has 0 fully saturated rings. The van der Waals surface area contributed by atoms with Gasteiger partial charge >= 0.3 is 0 Å². The van der Waals surface area contributed by atoms with Gasteiger partial charge in [-0.2, -0.15) is 0 Å². The Labute approximate surface area is 126 Å². The van der Waals surface area contributed by atoms with E-state index in [2.05, 4.69) is 5.32 Å². The minimum atomic E-state index is -0.494. The first-order chi connectivity index (χ1) is 10.1. The van der Waals surface area contributed by atoms with Crippen molar-refractivity contribution in [3.8, 4) is 5.75 Å². The van der Waals surface area contributed by atoms with Crippen molar-refractivity contribution in [2.75, 3.05) is 5.32 Å². The molecule has 0 aromatic heterocycles. The molecule has 0 aliphatic rings. The maximum atomic E-state index is 12.4. The Morgan fingerprint density at radius 2 is 1.67 bits per heavy atom. The van der Waals surface area contributed by atoms with E-state index in [1.807, 2.05) is 69.3 Å². The molecule has 1 N–H and O–H groups in total. The average molecular weight is 283 g/mol. The van der Waals surface area contributed by atoms with Gasteiger partial charge in [-0.25, -0.2) is 0 Å². The molecule has 0 saturated heterocycles. The van der Waals surface area contributed by atoms with Gasteiger partial charge in [-0.1, -0.05) is 43.3 Å². The van der Waals surface area contributed by atoms with Crippen molar-refractivity contribution < 1.29 is 9.53 Å². The molecule has 0 aliphatic carbocycles. The first-order valence-corrected chi connectivity index (χ1v) is 7.20. The van der Waals surface area contributed by atoms with Crippen molar-refractivity contribution in [1.82, 2.24) is 0 Å². The summed E-state index contributed by atoms with van der Waals surface area (Å²) in [4.78, 5) is 12.4. The van der Waals surface area contributed by atoms with Crippen molar-refractivity contribution in [2.24, 2.45) is 0 Å². The SMILES string of the molecule is CC[C@@H](Oc1ccccc1)C(=O)Nc1c(C)cccc1C. The van der Waals surface area contributed by atoms with Crippen LogP contribution in [0.1, 0.15) is 24.5 Å². The number of hydrogen-bond acceptors (Lipinski definition) is 2. The van der Waals surface area contributed by atoms with Gasteiger partial charge in [0.2, 0.25) is 0 Å². The second kappa shape index (κ2) is 6.93. The Morgan fingerprint density at radius 3 is 2.24 bits per heavy atom. The largest absolute Gasteiger partial charge is 0.481 e. The quantitative estimate of drug-likeness (QED) is 0.897. The van der Waals surface area contributed by atoms with Crippen LogP contribution in [0.15, 0.2) is 48.5 Å². The lowest BCUT2D eigenvalue weighted by atomic mass is 10.1. The van der Waals surface area contributed by atoms with Crippen LogP contribution in [0.2, 0.25) is 0 Å². The Hall–Kier alpha value is -2.29. The average Bonchev–Trinajstić information content (AvgIpc) is 2.49. The minimum Gasteiger partial charge on any atom is -0.481 e. The number of anilines is 1. The highest BCUT2D eigenvalue weighted by atomic mass is 16.5. The van der Waals surface area contributed by atoms with E-state index >= 15 is 0 Å². The summed E-state index contributed by atoms with van der Waals surface area (Å²) in [5.74, 6) is 0.597.